The molecular formula is C62H54N8O8. The number of hydrogen-bond acceptors (Lipinski definition) is 12. The van der Waals surface area contributed by atoms with Crippen molar-refractivity contribution in [3.63, 3.8) is 0 Å². The molecule has 0 fully saturated rings. The molecule has 9 aromatic carbocycles. The quantitative estimate of drug-likeness (QED) is 0.0452. The van der Waals surface area contributed by atoms with E-state index in [1.165, 1.54) is 0 Å². The summed E-state index contributed by atoms with van der Waals surface area (Å²) in [5, 5.41) is 55.4. The molecule has 6 N–H and O–H groups in total. The van der Waals surface area contributed by atoms with Gasteiger partial charge in [0.05, 0.1) is 46.8 Å². The van der Waals surface area contributed by atoms with Crippen LogP contribution in [0, 0.1) is 0 Å². The molecule has 0 aromatic heterocycles. The molecule has 0 radical (unpaired) electrons. The Balaban J connectivity index is 0.979. The topological polar surface area (TPSA) is 225 Å². The normalized spacial score (nSPS) is 11.2. The highest BCUT2D eigenvalue weighted by Crippen LogP contribution is 2.43. The lowest BCUT2D eigenvalue weighted by Crippen LogP contribution is -2.17. The Morgan fingerprint density at radius 3 is 1.17 bits per heavy atom. The Bertz CT molecular complexity index is 3560. The maximum absolute atomic E-state index is 14.3. The summed E-state index contributed by atoms with van der Waals surface area (Å²) in [7, 11) is 0. The molecule has 0 atom stereocenters. The van der Waals surface area contributed by atoms with Crippen molar-refractivity contribution < 1.29 is 38.9 Å². The van der Waals surface area contributed by atoms with E-state index in [9.17, 15) is 29.4 Å². The van der Waals surface area contributed by atoms with E-state index in [2.05, 4.69) is 41.7 Å². The summed E-state index contributed by atoms with van der Waals surface area (Å²) in [6, 6.07) is 48.4. The number of fused-ring (bicyclic) bond motifs is 2. The average molecular weight is 1040 g/mol. The molecule has 0 aliphatic heterocycles. The first-order valence-electron chi connectivity index (χ1n) is 25.3. The minimum atomic E-state index is -0.621. The second-order valence-electron chi connectivity index (χ2n) is 17.7. The number of nitrogens with zero attached hydrogens (tertiary/aromatic N) is 4. The molecule has 9 rings (SSSR count). The summed E-state index contributed by atoms with van der Waals surface area (Å²) >= 11 is 0. The Labute approximate surface area is 449 Å². The second kappa shape index (κ2) is 24.0. The van der Waals surface area contributed by atoms with Crippen molar-refractivity contribution in [3.05, 3.63) is 203 Å². The number of ether oxygens (including phenoxy) is 2. The fraction of sp³-hybridized carbons (Fsp3) is 0.129. The van der Waals surface area contributed by atoms with Crippen molar-refractivity contribution >= 4 is 90.7 Å². The minimum Gasteiger partial charge on any atom is -0.505 e. The van der Waals surface area contributed by atoms with Gasteiger partial charge in [-0.25, -0.2) is 0 Å². The SMILES string of the molecule is CCOc1ccc(N=Nc2c(O)c(C(=O)Nc3ccc(NC(=O)c4cc5ccccc5c(N=Nc5ccc(OCC)c(C(=O)Nc6ccccc6)c5)c4O)c(CC)c3CC)cc3ccccc23)cc1C(=O)Nc1ccccc1. The van der Waals surface area contributed by atoms with E-state index in [-0.39, 0.29) is 33.6 Å². The molecule has 78 heavy (non-hydrogen) atoms. The molecule has 16 nitrogen and oxygen atoms in total. The van der Waals surface area contributed by atoms with Gasteiger partial charge in [-0.2, -0.15) is 10.2 Å². The van der Waals surface area contributed by atoms with Gasteiger partial charge in [0, 0.05) is 33.5 Å². The van der Waals surface area contributed by atoms with E-state index in [0.717, 1.165) is 11.1 Å². The van der Waals surface area contributed by atoms with Crippen molar-refractivity contribution in [3.8, 4) is 23.0 Å². The fourth-order valence-corrected chi connectivity index (χ4v) is 9.03. The predicted molar refractivity (Wildman–Crippen MR) is 305 cm³/mol. The van der Waals surface area contributed by atoms with Crippen LogP contribution in [0.1, 0.15) is 80.3 Å². The van der Waals surface area contributed by atoms with Gasteiger partial charge < -0.3 is 41.0 Å². The summed E-state index contributed by atoms with van der Waals surface area (Å²) in [6.07, 6.45) is 0.901. The lowest BCUT2D eigenvalue weighted by Gasteiger charge is -2.19. The molecule has 0 heterocycles. The van der Waals surface area contributed by atoms with Crippen molar-refractivity contribution in [2.24, 2.45) is 20.5 Å². The number of hydrogen-bond donors (Lipinski definition) is 6. The Morgan fingerprint density at radius 2 is 0.782 bits per heavy atom. The monoisotopic (exact) mass is 1040 g/mol. The van der Waals surface area contributed by atoms with Gasteiger partial charge in [0.1, 0.15) is 22.9 Å². The van der Waals surface area contributed by atoms with Gasteiger partial charge in [-0.15, -0.1) is 10.2 Å². The van der Waals surface area contributed by atoms with Crippen LogP contribution in [0.15, 0.2) is 190 Å². The highest BCUT2D eigenvalue weighted by atomic mass is 16.5. The number of benzene rings is 9. The van der Waals surface area contributed by atoms with Gasteiger partial charge in [0.15, 0.2) is 11.5 Å². The number of aromatic hydroxyl groups is 2. The number of nitrogens with one attached hydrogen (secondary N) is 4. The van der Waals surface area contributed by atoms with Gasteiger partial charge in [-0.3, -0.25) is 19.2 Å². The zero-order chi connectivity index (χ0) is 54.7. The van der Waals surface area contributed by atoms with E-state index in [0.29, 0.717) is 93.2 Å². The van der Waals surface area contributed by atoms with E-state index >= 15 is 0 Å². The molecule has 0 aliphatic rings. The van der Waals surface area contributed by atoms with Crippen molar-refractivity contribution in [1.82, 2.24) is 0 Å². The first kappa shape index (κ1) is 52.6. The number of phenols is 2. The number of amides is 4. The first-order valence-corrected chi connectivity index (χ1v) is 25.3. The molecule has 0 saturated heterocycles. The zero-order valence-corrected chi connectivity index (χ0v) is 43.1. The summed E-state index contributed by atoms with van der Waals surface area (Å²) in [4.78, 5) is 55.5. The van der Waals surface area contributed by atoms with E-state index in [4.69, 9.17) is 9.47 Å². The van der Waals surface area contributed by atoms with Gasteiger partial charge in [-0.1, -0.05) is 98.8 Å². The Hall–Kier alpha value is -10.2. The molecule has 0 unspecified atom stereocenters. The smallest absolute Gasteiger partial charge is 0.259 e. The van der Waals surface area contributed by atoms with Crippen LogP contribution >= 0.6 is 0 Å². The molecule has 0 spiro atoms. The highest BCUT2D eigenvalue weighted by Gasteiger charge is 2.24. The molecule has 4 amide bonds. The van der Waals surface area contributed by atoms with E-state index in [1.807, 2.05) is 64.1 Å². The van der Waals surface area contributed by atoms with Gasteiger partial charge >= 0.3 is 0 Å². The number of azo groups is 2. The van der Waals surface area contributed by atoms with Gasteiger partial charge in [0.2, 0.25) is 0 Å². The molecule has 9 aromatic rings. The summed E-state index contributed by atoms with van der Waals surface area (Å²) < 4.78 is 11.5. The van der Waals surface area contributed by atoms with Crippen molar-refractivity contribution in [2.45, 2.75) is 40.5 Å². The van der Waals surface area contributed by atoms with Crippen LogP contribution in [-0.2, 0) is 12.8 Å². The summed E-state index contributed by atoms with van der Waals surface area (Å²) in [5.74, 6) is -2.18. The first-order chi connectivity index (χ1) is 38.0. The van der Waals surface area contributed by atoms with Crippen LogP contribution in [0.2, 0.25) is 0 Å². The number of carbonyl (C=O) groups excluding carboxylic acids is 4. The molecule has 390 valence electrons. The largest absolute Gasteiger partial charge is 0.505 e. The second-order valence-corrected chi connectivity index (χ2v) is 17.7. The third-order valence-corrected chi connectivity index (χ3v) is 12.7. The van der Waals surface area contributed by atoms with Crippen LogP contribution in [0.3, 0.4) is 0 Å². The van der Waals surface area contributed by atoms with Crippen LogP contribution in [0.5, 0.6) is 23.0 Å². The molecular weight excluding hydrogens is 985 g/mol. The van der Waals surface area contributed by atoms with Crippen LogP contribution in [0.25, 0.3) is 21.5 Å². The number of carbonyl (C=O) groups is 4. The third kappa shape index (κ3) is 11.5. The minimum absolute atomic E-state index is 0.0425. The van der Waals surface area contributed by atoms with E-state index in [1.54, 1.807) is 133 Å². The van der Waals surface area contributed by atoms with Crippen molar-refractivity contribution in [1.29, 1.82) is 0 Å². The molecule has 0 saturated carbocycles. The molecule has 16 heteroatoms. The molecule has 0 bridgehead atoms. The maximum Gasteiger partial charge on any atom is 0.259 e. The Kier molecular flexibility index (Phi) is 16.2. The summed E-state index contributed by atoms with van der Waals surface area (Å²) in [5.41, 5.74) is 4.58. The van der Waals surface area contributed by atoms with Crippen LogP contribution in [-0.4, -0.2) is 47.1 Å². The lowest BCUT2D eigenvalue weighted by molar-refractivity contribution is 0.101. The predicted octanol–water partition coefficient (Wildman–Crippen LogP) is 15.2. The van der Waals surface area contributed by atoms with Crippen LogP contribution < -0.4 is 30.7 Å². The Morgan fingerprint density at radius 1 is 0.410 bits per heavy atom. The van der Waals surface area contributed by atoms with Gasteiger partial charge in [0.25, 0.3) is 23.6 Å². The average Bonchev–Trinajstić information content (AvgIpc) is 3.48. The third-order valence-electron chi connectivity index (χ3n) is 12.7. The highest BCUT2D eigenvalue weighted by molar-refractivity contribution is 6.14. The molecule has 0 aliphatic carbocycles. The number of rotatable bonds is 18. The number of phenolic OH excluding ortho intramolecular Hbond substituents is 2. The number of anilines is 4. The van der Waals surface area contributed by atoms with Gasteiger partial charge in [-0.05, 0) is 134 Å². The van der Waals surface area contributed by atoms with Crippen LogP contribution in [0.4, 0.5) is 45.5 Å². The zero-order valence-electron chi connectivity index (χ0n) is 43.1. The fourth-order valence-electron chi connectivity index (χ4n) is 9.03. The van der Waals surface area contributed by atoms with Crippen molar-refractivity contribution in [2.75, 3.05) is 34.5 Å². The number of para-hydroxylation sites is 2. The standard InChI is InChI=1S/C62H54N8O8/c1-5-43-44(6-2)52(66-62(76)50-34-38-20-16-18-26-46(38)56(58(50)72)70-68-42-28-32-54(78-8-4)48(36-42)60(74)64-40-23-13-10-14-24-40)30-29-51(43)65-61(75)49-33-37-19-15-17-25-45(37)55(57(49)71)69-67-41-27-31-53(77-7-3)47(35-41)59(73)63-39-21-11-9-12-22-39/h9-36,71-72H,5-8H2,1-4H3,(H,63,73)(H,64,74)(H,65,75)(H,66,76). The lowest BCUT2D eigenvalue weighted by atomic mass is 9.97. The summed E-state index contributed by atoms with van der Waals surface area (Å²) in [6.45, 7) is 8.13. The van der Waals surface area contributed by atoms with E-state index < -0.39 is 35.1 Å². The maximum atomic E-state index is 14.3.